The molecule has 0 aliphatic heterocycles. The normalized spacial score (nSPS) is 13.1. The van der Waals surface area contributed by atoms with Crippen molar-refractivity contribution in [1.82, 2.24) is 9.78 Å². The maximum Gasteiger partial charge on any atom is 0.0945 e. The standard InChI is InChI=1S/C12H23N3O2/c1-5-17-8-10(16)6-13-11-7-15(4)14-12(11)9(2)3/h7,9-10,13,16H,5-6,8H2,1-4H3. The molecule has 98 valence electrons. The molecule has 5 heteroatoms. The summed E-state index contributed by atoms with van der Waals surface area (Å²) in [5, 5.41) is 17.3. The van der Waals surface area contributed by atoms with Gasteiger partial charge in [-0.25, -0.2) is 0 Å². The molecule has 1 atom stereocenters. The molecule has 0 aliphatic rings. The highest BCUT2D eigenvalue weighted by Gasteiger charge is 2.12. The molecule has 0 aromatic carbocycles. The minimum Gasteiger partial charge on any atom is -0.389 e. The van der Waals surface area contributed by atoms with Crippen molar-refractivity contribution in [3.63, 3.8) is 0 Å². The Bertz CT molecular complexity index is 336. The maximum atomic E-state index is 9.66. The molecule has 0 spiro atoms. The number of nitrogens with one attached hydrogen (secondary N) is 1. The molecule has 0 radical (unpaired) electrons. The van der Waals surface area contributed by atoms with Crippen molar-refractivity contribution in [2.24, 2.45) is 7.05 Å². The van der Waals surface area contributed by atoms with Gasteiger partial charge in [-0.1, -0.05) is 13.8 Å². The Morgan fingerprint density at radius 1 is 1.53 bits per heavy atom. The summed E-state index contributed by atoms with van der Waals surface area (Å²) in [6, 6.07) is 0. The molecule has 1 aromatic heterocycles. The monoisotopic (exact) mass is 241 g/mol. The minimum atomic E-state index is -0.491. The van der Waals surface area contributed by atoms with Gasteiger partial charge in [0.25, 0.3) is 0 Å². The van der Waals surface area contributed by atoms with Crippen LogP contribution < -0.4 is 5.32 Å². The van der Waals surface area contributed by atoms with Gasteiger partial charge in [-0.3, -0.25) is 4.68 Å². The van der Waals surface area contributed by atoms with E-state index in [1.54, 1.807) is 4.68 Å². The largest absolute Gasteiger partial charge is 0.389 e. The van der Waals surface area contributed by atoms with Gasteiger partial charge in [0.2, 0.25) is 0 Å². The fourth-order valence-electron chi connectivity index (χ4n) is 1.61. The number of aliphatic hydroxyl groups is 1. The van der Waals surface area contributed by atoms with Gasteiger partial charge in [0.1, 0.15) is 0 Å². The Hall–Kier alpha value is -1.07. The minimum absolute atomic E-state index is 0.362. The zero-order valence-corrected chi connectivity index (χ0v) is 11.1. The number of anilines is 1. The van der Waals surface area contributed by atoms with Gasteiger partial charge in [-0.15, -0.1) is 0 Å². The molecule has 5 nitrogen and oxygen atoms in total. The zero-order valence-electron chi connectivity index (χ0n) is 11.1. The van der Waals surface area contributed by atoms with Crippen molar-refractivity contribution < 1.29 is 9.84 Å². The van der Waals surface area contributed by atoms with Crippen molar-refractivity contribution in [3.8, 4) is 0 Å². The molecule has 17 heavy (non-hydrogen) atoms. The van der Waals surface area contributed by atoms with Crippen LogP contribution in [0.5, 0.6) is 0 Å². The first-order valence-electron chi connectivity index (χ1n) is 6.07. The Kier molecular flexibility index (Phi) is 5.44. The maximum absolute atomic E-state index is 9.66. The van der Waals surface area contributed by atoms with E-state index in [4.69, 9.17) is 4.74 Å². The van der Waals surface area contributed by atoms with E-state index >= 15 is 0 Å². The second-order valence-corrected chi connectivity index (χ2v) is 4.45. The quantitative estimate of drug-likeness (QED) is 0.756. The second kappa shape index (κ2) is 6.61. The highest BCUT2D eigenvalue weighted by Crippen LogP contribution is 2.21. The van der Waals surface area contributed by atoms with Crippen molar-refractivity contribution in [3.05, 3.63) is 11.9 Å². The SMILES string of the molecule is CCOCC(O)CNc1cn(C)nc1C(C)C. The van der Waals surface area contributed by atoms with E-state index < -0.39 is 6.10 Å². The molecule has 1 rings (SSSR count). The number of hydrogen-bond acceptors (Lipinski definition) is 4. The number of ether oxygens (including phenoxy) is 1. The first-order chi connectivity index (χ1) is 8.04. The first kappa shape index (κ1) is 14.0. The fourth-order valence-corrected chi connectivity index (χ4v) is 1.61. The number of aromatic nitrogens is 2. The van der Waals surface area contributed by atoms with Gasteiger partial charge in [-0.2, -0.15) is 5.10 Å². The van der Waals surface area contributed by atoms with Crippen LogP contribution >= 0.6 is 0 Å². The summed E-state index contributed by atoms with van der Waals surface area (Å²) in [5.74, 6) is 0.364. The lowest BCUT2D eigenvalue weighted by Gasteiger charge is -2.13. The second-order valence-electron chi connectivity index (χ2n) is 4.45. The molecule has 0 bridgehead atoms. The van der Waals surface area contributed by atoms with E-state index in [1.807, 2.05) is 20.2 Å². The summed E-state index contributed by atoms with van der Waals surface area (Å²) >= 11 is 0. The third-order valence-electron chi connectivity index (χ3n) is 2.45. The molecule has 0 amide bonds. The Balaban J connectivity index is 2.50. The summed E-state index contributed by atoms with van der Waals surface area (Å²) in [4.78, 5) is 0. The predicted molar refractivity (Wildman–Crippen MR) is 68.3 cm³/mol. The summed E-state index contributed by atoms with van der Waals surface area (Å²) in [7, 11) is 1.90. The Morgan fingerprint density at radius 3 is 2.82 bits per heavy atom. The van der Waals surface area contributed by atoms with Gasteiger partial charge < -0.3 is 15.2 Å². The molecule has 0 fully saturated rings. The van der Waals surface area contributed by atoms with Crippen molar-refractivity contribution >= 4 is 5.69 Å². The highest BCUT2D eigenvalue weighted by molar-refractivity contribution is 5.47. The summed E-state index contributed by atoms with van der Waals surface area (Å²) in [6.45, 7) is 7.58. The lowest BCUT2D eigenvalue weighted by molar-refractivity contribution is 0.0496. The van der Waals surface area contributed by atoms with Crippen molar-refractivity contribution in [1.29, 1.82) is 0 Å². The molecular weight excluding hydrogens is 218 g/mol. The topological polar surface area (TPSA) is 59.3 Å². The average Bonchev–Trinajstić information content (AvgIpc) is 2.65. The predicted octanol–water partition coefficient (Wildman–Crippen LogP) is 1.35. The van der Waals surface area contributed by atoms with Crippen molar-refractivity contribution in [2.45, 2.75) is 32.8 Å². The third-order valence-corrected chi connectivity index (χ3v) is 2.45. The first-order valence-corrected chi connectivity index (χ1v) is 6.07. The third kappa shape index (κ3) is 4.36. The molecule has 0 saturated carbocycles. The van der Waals surface area contributed by atoms with Crippen molar-refractivity contribution in [2.75, 3.05) is 25.1 Å². The van der Waals surface area contributed by atoms with Crippen LogP contribution in [0.1, 0.15) is 32.4 Å². The molecule has 0 aliphatic carbocycles. The molecular formula is C12H23N3O2. The molecule has 1 unspecified atom stereocenters. The van der Waals surface area contributed by atoms with Crippen LogP contribution in [0.2, 0.25) is 0 Å². The van der Waals surface area contributed by atoms with Gasteiger partial charge in [0.05, 0.1) is 24.1 Å². The van der Waals surface area contributed by atoms with Crippen LogP contribution in [0.4, 0.5) is 5.69 Å². The summed E-state index contributed by atoms with van der Waals surface area (Å²) in [5.41, 5.74) is 2.01. The lowest BCUT2D eigenvalue weighted by atomic mass is 10.1. The number of aryl methyl sites for hydroxylation is 1. The number of hydrogen-bond donors (Lipinski definition) is 2. The molecule has 0 saturated heterocycles. The van der Waals surface area contributed by atoms with Crippen LogP contribution in [0.25, 0.3) is 0 Å². The smallest absolute Gasteiger partial charge is 0.0945 e. The number of aliphatic hydroxyl groups excluding tert-OH is 1. The van der Waals surface area contributed by atoms with Crippen LogP contribution in [-0.4, -0.2) is 40.7 Å². The van der Waals surface area contributed by atoms with Gasteiger partial charge in [-0.05, 0) is 12.8 Å². The van der Waals surface area contributed by atoms with E-state index in [2.05, 4.69) is 24.3 Å². The van der Waals surface area contributed by atoms with E-state index in [0.717, 1.165) is 11.4 Å². The van der Waals surface area contributed by atoms with Gasteiger partial charge in [0.15, 0.2) is 0 Å². The van der Waals surface area contributed by atoms with Gasteiger partial charge in [0, 0.05) is 26.4 Å². The zero-order chi connectivity index (χ0) is 12.8. The molecule has 1 aromatic rings. The van der Waals surface area contributed by atoms with E-state index in [0.29, 0.717) is 25.7 Å². The number of rotatable bonds is 7. The number of nitrogens with zero attached hydrogens (tertiary/aromatic N) is 2. The van der Waals surface area contributed by atoms with Crippen LogP contribution in [0.15, 0.2) is 6.20 Å². The van der Waals surface area contributed by atoms with Crippen LogP contribution in [-0.2, 0) is 11.8 Å². The van der Waals surface area contributed by atoms with Crippen LogP contribution in [0, 0.1) is 0 Å². The van der Waals surface area contributed by atoms with Gasteiger partial charge >= 0.3 is 0 Å². The Morgan fingerprint density at radius 2 is 2.24 bits per heavy atom. The summed E-state index contributed by atoms with van der Waals surface area (Å²) in [6.07, 6.45) is 1.44. The Labute approximate surface area is 103 Å². The molecule has 2 N–H and O–H groups in total. The average molecular weight is 241 g/mol. The van der Waals surface area contributed by atoms with E-state index in [1.165, 1.54) is 0 Å². The van der Waals surface area contributed by atoms with E-state index in [9.17, 15) is 5.11 Å². The lowest BCUT2D eigenvalue weighted by Crippen LogP contribution is -2.25. The summed E-state index contributed by atoms with van der Waals surface area (Å²) < 4.78 is 6.94. The van der Waals surface area contributed by atoms with Crippen LogP contribution in [0.3, 0.4) is 0 Å². The molecule has 1 heterocycles. The van der Waals surface area contributed by atoms with E-state index in [-0.39, 0.29) is 0 Å². The highest BCUT2D eigenvalue weighted by atomic mass is 16.5. The fraction of sp³-hybridized carbons (Fsp3) is 0.750.